The zero-order valence-electron chi connectivity index (χ0n) is 33.0. The minimum absolute atomic E-state index is 0.627. The lowest BCUT2D eigenvalue weighted by Crippen LogP contribution is -2.37. The Morgan fingerprint density at radius 1 is 0.550 bits per heavy atom. The van der Waals surface area contributed by atoms with E-state index in [2.05, 4.69) is 200 Å². The van der Waals surface area contributed by atoms with Crippen LogP contribution in [0.25, 0.3) is 45.0 Å². The number of nitrogens with zero attached hydrogens (tertiary/aromatic N) is 1. The van der Waals surface area contributed by atoms with Gasteiger partial charge < -0.3 is 14.1 Å². The van der Waals surface area contributed by atoms with E-state index < -0.39 is 5.41 Å². The van der Waals surface area contributed by atoms with E-state index >= 15 is 0 Å². The van der Waals surface area contributed by atoms with Crippen molar-refractivity contribution in [2.75, 3.05) is 4.90 Å². The summed E-state index contributed by atoms with van der Waals surface area (Å²) in [7, 11) is 0. The van der Waals surface area contributed by atoms with Gasteiger partial charge in [-0.3, -0.25) is 0 Å². The van der Waals surface area contributed by atoms with Gasteiger partial charge in [0.25, 0.3) is 0 Å². The SMILES string of the molecule is C=C/C=c1/oc2ccccc2/c1=C(/C)N(c1ccc(-c2ccc(-c3ccccc3)cc2)cc1)c1cccc2c1Sc1ccccc1C21c2ccccc2Oc2ccccc21. The average Bonchev–Trinajstić information content (AvgIpc) is 3.68. The van der Waals surface area contributed by atoms with Gasteiger partial charge in [-0.15, -0.1) is 0 Å². The van der Waals surface area contributed by atoms with E-state index in [1.165, 1.54) is 37.6 Å². The molecule has 8 aromatic carbocycles. The van der Waals surface area contributed by atoms with Gasteiger partial charge >= 0.3 is 0 Å². The highest BCUT2D eigenvalue weighted by Crippen LogP contribution is 2.63. The topological polar surface area (TPSA) is 25.6 Å². The number of furan rings is 1. The van der Waals surface area contributed by atoms with E-state index in [0.29, 0.717) is 0 Å². The highest BCUT2D eigenvalue weighted by molar-refractivity contribution is 7.99. The second-order valence-electron chi connectivity index (χ2n) is 15.2. The number of rotatable bonds is 6. The van der Waals surface area contributed by atoms with Crippen LogP contribution in [0.1, 0.15) is 29.2 Å². The molecule has 0 fully saturated rings. The zero-order chi connectivity index (χ0) is 40.2. The van der Waals surface area contributed by atoms with Crippen molar-refractivity contribution in [2.45, 2.75) is 22.1 Å². The molecule has 0 amide bonds. The molecule has 3 nitrogen and oxygen atoms in total. The summed E-state index contributed by atoms with van der Waals surface area (Å²) in [6.07, 6.45) is 3.77. The molecule has 1 spiro atoms. The van der Waals surface area contributed by atoms with Gasteiger partial charge in [0.2, 0.25) is 0 Å². The molecule has 1 aromatic heterocycles. The maximum Gasteiger partial charge on any atom is 0.137 e. The van der Waals surface area contributed by atoms with Crippen LogP contribution in [0.15, 0.2) is 221 Å². The van der Waals surface area contributed by atoms with Crippen molar-refractivity contribution < 1.29 is 9.15 Å². The number of benzene rings is 8. The largest absolute Gasteiger partial charge is 0.457 e. The van der Waals surface area contributed by atoms with Crippen LogP contribution in [-0.4, -0.2) is 0 Å². The van der Waals surface area contributed by atoms with Gasteiger partial charge in [0.05, 0.1) is 11.1 Å². The fourth-order valence-corrected chi connectivity index (χ4v) is 10.7. The summed E-state index contributed by atoms with van der Waals surface area (Å²) >= 11 is 1.84. The van der Waals surface area contributed by atoms with Crippen LogP contribution in [0, 0.1) is 0 Å². The first-order valence-electron chi connectivity index (χ1n) is 20.3. The normalized spacial score (nSPS) is 14.1. The second-order valence-corrected chi connectivity index (χ2v) is 16.3. The molecular formula is C56H39NO2S. The van der Waals surface area contributed by atoms with Crippen LogP contribution in [0.4, 0.5) is 11.4 Å². The number of ether oxygens (including phenoxy) is 1. The standard InChI is InChI=1S/C56H39NO2S/c1-3-16-52-54(43-19-7-11-25-49(43)58-52)37(2)57(42-35-33-41(34-36-42)40-31-29-39(30-32-40)38-17-5-4-6-18-38)48-24-15-23-47-55(48)60-53-28-14-10-22-46(53)56(47)44-20-8-12-26-50(44)59-51-27-13-9-21-45(51)56/h3-36H,1H2,2H3/b52-16+,54-37+. The molecule has 11 rings (SSSR count). The third-order valence-electron chi connectivity index (χ3n) is 12.0. The van der Waals surface area contributed by atoms with Crippen LogP contribution in [-0.2, 0) is 5.41 Å². The molecule has 2 aliphatic heterocycles. The monoisotopic (exact) mass is 789 g/mol. The first kappa shape index (κ1) is 35.9. The molecule has 0 saturated carbocycles. The summed E-state index contributed by atoms with van der Waals surface area (Å²) in [5.74, 6) is 1.74. The molecule has 0 unspecified atom stereocenters. The molecule has 2 aliphatic rings. The third kappa shape index (κ3) is 5.60. The van der Waals surface area contributed by atoms with Crippen molar-refractivity contribution >= 4 is 45.9 Å². The molecule has 9 aromatic rings. The average molecular weight is 790 g/mol. The Balaban J connectivity index is 1.16. The van der Waals surface area contributed by atoms with Gasteiger partial charge in [0.15, 0.2) is 0 Å². The lowest BCUT2D eigenvalue weighted by molar-refractivity contribution is 0.431. The summed E-state index contributed by atoms with van der Waals surface area (Å²) in [6.45, 7) is 6.27. The van der Waals surface area contributed by atoms with Gasteiger partial charge in [-0.05, 0) is 88.8 Å². The smallest absolute Gasteiger partial charge is 0.137 e. The Bertz CT molecular complexity index is 3170. The molecule has 60 heavy (non-hydrogen) atoms. The highest BCUT2D eigenvalue weighted by Gasteiger charge is 2.50. The number of anilines is 2. The van der Waals surface area contributed by atoms with E-state index in [9.17, 15) is 0 Å². The minimum atomic E-state index is -0.627. The predicted molar refractivity (Wildman–Crippen MR) is 248 cm³/mol. The number of hydrogen-bond donors (Lipinski definition) is 0. The molecule has 0 aliphatic carbocycles. The lowest BCUT2D eigenvalue weighted by Gasteiger charge is -2.46. The molecule has 0 N–H and O–H groups in total. The van der Waals surface area contributed by atoms with Gasteiger partial charge in [0.1, 0.15) is 22.5 Å². The van der Waals surface area contributed by atoms with Crippen molar-refractivity contribution in [3.05, 3.63) is 240 Å². The number of allylic oxidation sites excluding steroid dienone is 1. The van der Waals surface area contributed by atoms with Crippen molar-refractivity contribution in [2.24, 2.45) is 0 Å². The van der Waals surface area contributed by atoms with E-state index in [1.807, 2.05) is 30.0 Å². The van der Waals surface area contributed by atoms with Crippen molar-refractivity contribution in [1.29, 1.82) is 0 Å². The molecule has 3 heterocycles. The van der Waals surface area contributed by atoms with E-state index in [1.54, 1.807) is 6.08 Å². The van der Waals surface area contributed by atoms with E-state index in [-0.39, 0.29) is 0 Å². The number of hydrogen-bond acceptors (Lipinski definition) is 4. The molecule has 0 atom stereocenters. The molecule has 0 bridgehead atoms. The van der Waals surface area contributed by atoms with Crippen molar-refractivity contribution in [3.63, 3.8) is 0 Å². The van der Waals surface area contributed by atoms with E-state index in [4.69, 9.17) is 9.15 Å². The van der Waals surface area contributed by atoms with Crippen molar-refractivity contribution in [3.8, 4) is 33.8 Å². The Morgan fingerprint density at radius 2 is 1.10 bits per heavy atom. The molecule has 0 radical (unpaired) electrons. The third-order valence-corrected chi connectivity index (χ3v) is 13.2. The fraction of sp³-hybridized carbons (Fsp3) is 0.0357. The van der Waals surface area contributed by atoms with Crippen LogP contribution >= 0.6 is 11.8 Å². The number of para-hydroxylation sites is 3. The Morgan fingerprint density at radius 3 is 1.78 bits per heavy atom. The van der Waals surface area contributed by atoms with Crippen molar-refractivity contribution in [1.82, 2.24) is 0 Å². The lowest BCUT2D eigenvalue weighted by atomic mass is 9.63. The van der Waals surface area contributed by atoms with E-state index in [0.717, 1.165) is 66.9 Å². The Kier molecular flexibility index (Phi) is 8.68. The van der Waals surface area contributed by atoms with Crippen LogP contribution in [0.3, 0.4) is 0 Å². The summed E-state index contributed by atoms with van der Waals surface area (Å²) < 4.78 is 13.2. The summed E-state index contributed by atoms with van der Waals surface area (Å²) in [4.78, 5) is 4.82. The summed E-state index contributed by atoms with van der Waals surface area (Å²) in [5, 5.41) is 2.08. The molecule has 286 valence electrons. The van der Waals surface area contributed by atoms with Crippen LogP contribution in [0.5, 0.6) is 11.5 Å². The number of fused-ring (bicyclic) bond motifs is 9. The molecular weight excluding hydrogens is 751 g/mol. The minimum Gasteiger partial charge on any atom is -0.457 e. The quantitative estimate of drug-likeness (QED) is 0.168. The fourth-order valence-electron chi connectivity index (χ4n) is 9.37. The summed E-state index contributed by atoms with van der Waals surface area (Å²) in [6, 6.07) is 69.4. The maximum atomic E-state index is 6.68. The van der Waals surface area contributed by atoms with Crippen LogP contribution < -0.4 is 20.3 Å². The predicted octanol–water partition coefficient (Wildman–Crippen LogP) is 13.7. The molecule has 0 saturated heterocycles. The first-order chi connectivity index (χ1) is 29.6. The van der Waals surface area contributed by atoms with Gasteiger partial charge in [-0.2, -0.15) is 0 Å². The van der Waals surface area contributed by atoms with Gasteiger partial charge in [-0.1, -0.05) is 176 Å². The van der Waals surface area contributed by atoms with Gasteiger partial charge in [-0.25, -0.2) is 0 Å². The Hall–Kier alpha value is -7.27. The maximum absolute atomic E-state index is 6.68. The van der Waals surface area contributed by atoms with Gasteiger partial charge in [0, 0.05) is 42.9 Å². The van der Waals surface area contributed by atoms with Crippen LogP contribution in [0.2, 0.25) is 0 Å². The highest BCUT2D eigenvalue weighted by atomic mass is 32.2. The Labute approximate surface area is 353 Å². The first-order valence-corrected chi connectivity index (χ1v) is 21.1. The summed E-state index contributed by atoms with van der Waals surface area (Å²) in [5.41, 5.74) is 13.6. The second kappa shape index (κ2) is 14.5. The molecule has 4 heteroatoms. The zero-order valence-corrected chi connectivity index (χ0v) is 33.8.